The molecule has 0 saturated carbocycles. The summed E-state index contributed by atoms with van der Waals surface area (Å²) < 4.78 is 0. The minimum absolute atomic E-state index is 0. The molecule has 0 atom stereocenters. The molecule has 7 aromatic rings. The summed E-state index contributed by atoms with van der Waals surface area (Å²) in [5, 5.41) is 49.1. The van der Waals surface area contributed by atoms with E-state index in [0.29, 0.717) is 0 Å². The standard InChI is InChI=1S/C32H12N12O8.Mn/c45-41(46)17-9-1-5-13-21(17)29-33-25(13)37-30-22-14(6-2-10-18(22)42(47)48)27(34-30)39-32-24-16(8-4-12-20(24)44(51)52)28(36-32)40-31-23-15(26(35-31)38-29)7-3-11-19(23)43(49)50;/h1-12H;/q-2;+2. The minimum atomic E-state index is -0.641. The Morgan fingerprint density at radius 1 is 0.415 bits per heavy atom. The predicted molar refractivity (Wildman–Crippen MR) is 181 cm³/mol. The molecule has 0 N–H and O–H groups in total. The second kappa shape index (κ2) is 11.7. The van der Waals surface area contributed by atoms with E-state index in [1.54, 1.807) is 0 Å². The average Bonchev–Trinajstić information content (AvgIpc) is 3.86. The Morgan fingerprint density at radius 2 is 0.755 bits per heavy atom. The fourth-order valence-electron chi connectivity index (χ4n) is 6.39. The molecule has 255 valence electrons. The molecule has 0 amide bonds. The van der Waals surface area contributed by atoms with Crippen LogP contribution in [-0.4, -0.2) is 49.6 Å². The van der Waals surface area contributed by atoms with Gasteiger partial charge in [0.2, 0.25) is 0 Å². The van der Waals surface area contributed by atoms with Gasteiger partial charge < -0.3 is 29.9 Å². The Bertz CT molecular complexity index is 2820. The zero-order valence-electron chi connectivity index (χ0n) is 25.9. The molecule has 4 aromatic carbocycles. The number of nitro groups is 4. The van der Waals surface area contributed by atoms with Gasteiger partial charge in [-0.1, -0.05) is 48.5 Å². The minimum Gasteiger partial charge on any atom is -0.357 e. The normalized spacial score (nSPS) is 11.5. The van der Waals surface area contributed by atoms with E-state index in [9.17, 15) is 40.5 Å². The number of hydrogen-bond acceptors (Lipinski definition) is 14. The Balaban J connectivity index is 0.00000400. The maximum absolute atomic E-state index is 12.2. The molecule has 1 radical (unpaired) electrons. The fraction of sp³-hybridized carbons (Fsp3) is 0. The van der Waals surface area contributed by atoms with Gasteiger partial charge in [-0.2, -0.15) is 0 Å². The van der Waals surface area contributed by atoms with Gasteiger partial charge in [-0.3, -0.25) is 40.5 Å². The van der Waals surface area contributed by atoms with E-state index >= 15 is 0 Å². The summed E-state index contributed by atoms with van der Waals surface area (Å²) in [6.07, 6.45) is 0. The Hall–Kier alpha value is -7.64. The number of benzene rings is 4. The van der Waals surface area contributed by atoms with Crippen LogP contribution < -0.4 is 9.97 Å². The molecule has 0 fully saturated rings. The predicted octanol–water partition coefficient (Wildman–Crippen LogP) is 5.76. The molecule has 53 heavy (non-hydrogen) atoms. The maximum atomic E-state index is 12.2. The number of nitrogens with zero attached hydrogens (tertiary/aromatic N) is 12. The SMILES string of the molecule is O=[N+]([O-])c1cccc2c1-c1nc-2nc2[n-]c(nc3nc(nc4[n-]c(n1)c1cccc([N+](=O)[O-])c41)-c1cccc([N+](=O)[O-])c1-3)c1cccc([N+](=O)[O-])c21.[Mn+2]. The largest absolute Gasteiger partial charge is 2.00 e. The number of non-ortho nitro benzene ring substituents is 2. The topological polar surface area (TPSA) is 278 Å². The van der Waals surface area contributed by atoms with Crippen LogP contribution in [0, 0.1) is 40.5 Å². The van der Waals surface area contributed by atoms with Crippen LogP contribution in [0.3, 0.4) is 0 Å². The van der Waals surface area contributed by atoms with Crippen molar-refractivity contribution in [3.63, 3.8) is 0 Å². The van der Waals surface area contributed by atoms with Gasteiger partial charge in [0, 0.05) is 68.8 Å². The van der Waals surface area contributed by atoms with Crippen LogP contribution in [-0.2, 0) is 17.1 Å². The number of fused-ring (bicyclic) bond motifs is 20. The van der Waals surface area contributed by atoms with E-state index in [2.05, 4.69) is 39.9 Å². The summed E-state index contributed by atoms with van der Waals surface area (Å²) in [6.45, 7) is 0. The summed E-state index contributed by atoms with van der Waals surface area (Å²) in [6, 6.07) is 16.5. The molecule has 20 nitrogen and oxygen atoms in total. The van der Waals surface area contributed by atoms with Crippen LogP contribution in [0.5, 0.6) is 0 Å². The summed E-state index contributed by atoms with van der Waals surface area (Å²) in [7, 11) is 0. The van der Waals surface area contributed by atoms with Gasteiger partial charge in [0.25, 0.3) is 22.7 Å². The molecule has 8 bridgehead atoms. The molecule has 0 unspecified atom stereocenters. The molecule has 9 rings (SSSR count). The van der Waals surface area contributed by atoms with Crippen molar-refractivity contribution in [2.24, 2.45) is 0 Å². The zero-order valence-corrected chi connectivity index (χ0v) is 27.1. The number of hydrogen-bond donors (Lipinski definition) is 0. The summed E-state index contributed by atoms with van der Waals surface area (Å²) in [4.78, 5) is 82.5. The van der Waals surface area contributed by atoms with Crippen molar-refractivity contribution in [2.75, 3.05) is 0 Å². The molecule has 3 aromatic heterocycles. The van der Waals surface area contributed by atoms with Gasteiger partial charge >= 0.3 is 17.1 Å². The van der Waals surface area contributed by atoms with Crippen molar-refractivity contribution in [2.45, 2.75) is 0 Å². The van der Waals surface area contributed by atoms with Crippen molar-refractivity contribution in [3.8, 4) is 45.6 Å². The molecule has 0 spiro atoms. The monoisotopic (exact) mass is 747 g/mol. The maximum Gasteiger partial charge on any atom is 2.00 e. The van der Waals surface area contributed by atoms with Crippen molar-refractivity contribution in [1.29, 1.82) is 0 Å². The third-order valence-corrected chi connectivity index (χ3v) is 8.51. The van der Waals surface area contributed by atoms with E-state index < -0.39 is 42.4 Å². The first-order chi connectivity index (χ1) is 25.1. The first kappa shape index (κ1) is 32.6. The van der Waals surface area contributed by atoms with E-state index in [1.165, 1.54) is 72.8 Å². The van der Waals surface area contributed by atoms with Crippen molar-refractivity contribution in [1.82, 2.24) is 39.9 Å². The number of rotatable bonds is 4. The average molecular weight is 747 g/mol. The number of aromatic nitrogens is 8. The number of nitro benzene ring substituents is 4. The Labute approximate surface area is 301 Å². The fourth-order valence-corrected chi connectivity index (χ4v) is 6.39. The molecule has 21 heteroatoms. The summed E-state index contributed by atoms with van der Waals surface area (Å²) in [5.41, 5.74) is -2.12. The van der Waals surface area contributed by atoms with Gasteiger partial charge in [-0.15, -0.1) is 0 Å². The van der Waals surface area contributed by atoms with E-state index in [-0.39, 0.29) is 107 Å². The molecule has 2 aliphatic rings. The van der Waals surface area contributed by atoms with Gasteiger partial charge in [0.05, 0.1) is 64.9 Å². The van der Waals surface area contributed by atoms with Crippen molar-refractivity contribution >= 4 is 66.9 Å². The van der Waals surface area contributed by atoms with Gasteiger partial charge in [0.15, 0.2) is 0 Å². The van der Waals surface area contributed by atoms with Crippen molar-refractivity contribution < 1.29 is 36.8 Å². The Morgan fingerprint density at radius 3 is 1.13 bits per heavy atom. The van der Waals surface area contributed by atoms with Gasteiger partial charge in [-0.05, 0) is 0 Å². The summed E-state index contributed by atoms with van der Waals surface area (Å²) >= 11 is 0. The third kappa shape index (κ3) is 4.83. The Kier molecular flexibility index (Phi) is 7.20. The quantitative estimate of drug-likeness (QED) is 0.117. The van der Waals surface area contributed by atoms with E-state index in [4.69, 9.17) is 0 Å². The molecule has 2 aliphatic heterocycles. The van der Waals surface area contributed by atoms with Crippen molar-refractivity contribution in [3.05, 3.63) is 113 Å². The molecular weight excluding hydrogens is 735 g/mol. The van der Waals surface area contributed by atoms with Crippen LogP contribution >= 0.6 is 0 Å². The second-order valence-electron chi connectivity index (χ2n) is 11.3. The van der Waals surface area contributed by atoms with E-state index in [1.807, 2.05) is 0 Å². The van der Waals surface area contributed by atoms with Crippen LogP contribution in [0.1, 0.15) is 0 Å². The van der Waals surface area contributed by atoms with Gasteiger partial charge in [0.1, 0.15) is 0 Å². The van der Waals surface area contributed by atoms with Crippen LogP contribution in [0.4, 0.5) is 22.7 Å². The third-order valence-electron chi connectivity index (χ3n) is 8.51. The first-order valence-electron chi connectivity index (χ1n) is 14.9. The zero-order chi connectivity index (χ0) is 36.0. The first-order valence-corrected chi connectivity index (χ1v) is 14.9. The molecule has 0 saturated heterocycles. The smallest absolute Gasteiger partial charge is 0.357 e. The molecule has 0 aliphatic carbocycles. The molecule has 5 heterocycles. The van der Waals surface area contributed by atoms with E-state index in [0.717, 1.165) is 0 Å². The summed E-state index contributed by atoms with van der Waals surface area (Å²) in [5.74, 6) is -0.739. The van der Waals surface area contributed by atoms with Crippen LogP contribution in [0.15, 0.2) is 72.8 Å². The van der Waals surface area contributed by atoms with Crippen LogP contribution in [0.2, 0.25) is 0 Å². The second-order valence-corrected chi connectivity index (χ2v) is 11.3. The van der Waals surface area contributed by atoms with Crippen LogP contribution in [0.25, 0.3) is 89.7 Å². The molecular formula is C32H12MnN12O8. The van der Waals surface area contributed by atoms with Gasteiger partial charge in [-0.25, -0.2) is 9.97 Å².